The fourth-order valence-corrected chi connectivity index (χ4v) is 5.37. The van der Waals surface area contributed by atoms with Gasteiger partial charge in [-0.2, -0.15) is 0 Å². The molecule has 4 rings (SSSR count). The summed E-state index contributed by atoms with van der Waals surface area (Å²) >= 11 is 0. The largest absolute Gasteiger partial charge is 0.519 e. The summed E-state index contributed by atoms with van der Waals surface area (Å²) in [4.78, 5) is 12.7. The van der Waals surface area contributed by atoms with Crippen molar-refractivity contribution in [3.05, 3.63) is 131 Å². The molecule has 4 atom stereocenters. The van der Waals surface area contributed by atoms with Crippen molar-refractivity contribution >= 4 is 6.16 Å². The molecule has 4 aromatic carbocycles. The minimum Gasteiger partial charge on any atom is -0.395 e. The van der Waals surface area contributed by atoms with Crippen molar-refractivity contribution in [1.29, 1.82) is 0 Å². The van der Waals surface area contributed by atoms with E-state index in [0.29, 0.717) is 36.5 Å². The van der Waals surface area contributed by atoms with Crippen molar-refractivity contribution in [2.45, 2.75) is 65.6 Å². The number of benzene rings is 4. The van der Waals surface area contributed by atoms with Crippen molar-refractivity contribution in [1.82, 2.24) is 0 Å². The van der Waals surface area contributed by atoms with E-state index < -0.39 is 6.16 Å². The molecule has 0 amide bonds. The monoisotopic (exact) mass is 594 g/mol. The number of carbonyl (C=O) groups is 1. The second-order valence-corrected chi connectivity index (χ2v) is 12.2. The number of rotatable bonds is 14. The molecule has 232 valence electrons. The highest BCUT2D eigenvalue weighted by Gasteiger charge is 2.24. The molecule has 0 heterocycles. The first-order valence-corrected chi connectivity index (χ1v) is 15.6. The molecule has 0 aromatic heterocycles. The van der Waals surface area contributed by atoms with Gasteiger partial charge in [-0.25, -0.2) is 4.79 Å². The van der Waals surface area contributed by atoms with Crippen LogP contribution in [0.4, 0.5) is 4.79 Å². The van der Waals surface area contributed by atoms with Crippen molar-refractivity contribution < 1.29 is 23.7 Å². The average Bonchev–Trinajstić information content (AvgIpc) is 3.02. The summed E-state index contributed by atoms with van der Waals surface area (Å²) in [5.41, 5.74) is 4.53. The molecule has 0 saturated heterocycles. The van der Waals surface area contributed by atoms with Crippen molar-refractivity contribution in [3.63, 3.8) is 0 Å². The van der Waals surface area contributed by atoms with Crippen LogP contribution in [-0.2, 0) is 9.47 Å². The topological polar surface area (TPSA) is 54.0 Å². The van der Waals surface area contributed by atoms with E-state index in [4.69, 9.17) is 18.9 Å². The van der Waals surface area contributed by atoms with E-state index >= 15 is 0 Å². The predicted octanol–water partition coefficient (Wildman–Crippen LogP) is 9.65. The van der Waals surface area contributed by atoms with Gasteiger partial charge in [0.05, 0.1) is 12.2 Å². The lowest BCUT2D eigenvalue weighted by atomic mass is 9.87. The lowest BCUT2D eigenvalue weighted by Gasteiger charge is -2.26. The Kier molecular flexibility index (Phi) is 12.2. The highest BCUT2D eigenvalue weighted by Crippen LogP contribution is 2.33. The molecule has 0 aliphatic rings. The van der Waals surface area contributed by atoms with Gasteiger partial charge in [0.25, 0.3) is 0 Å². The van der Waals surface area contributed by atoms with Gasteiger partial charge in [-0.15, -0.1) is 0 Å². The molecule has 0 N–H and O–H groups in total. The van der Waals surface area contributed by atoms with Crippen LogP contribution in [-0.4, -0.2) is 31.6 Å². The Hall–Kier alpha value is -3.93. The Bertz CT molecular complexity index is 1290. The molecule has 0 saturated carbocycles. The average molecular weight is 595 g/mol. The summed E-state index contributed by atoms with van der Waals surface area (Å²) < 4.78 is 23.5. The van der Waals surface area contributed by atoms with E-state index in [1.54, 1.807) is 24.3 Å². The zero-order valence-corrected chi connectivity index (χ0v) is 26.8. The van der Waals surface area contributed by atoms with E-state index in [1.165, 1.54) is 11.1 Å². The first kappa shape index (κ1) is 33.0. The molecule has 4 unspecified atom stereocenters. The van der Waals surface area contributed by atoms with E-state index in [0.717, 1.165) is 11.1 Å². The third kappa shape index (κ3) is 9.54. The van der Waals surface area contributed by atoms with Gasteiger partial charge in [0.2, 0.25) is 0 Å². The second kappa shape index (κ2) is 16.2. The SMILES string of the molecule is CC(C)COC(C)C(c1ccccc1)c1ccc(OC(=O)Oc2ccc(C(c3ccccc3)C(C)OCC(C)C)cc2)cc1. The summed E-state index contributed by atoms with van der Waals surface area (Å²) in [6, 6.07) is 35.8. The van der Waals surface area contributed by atoms with Crippen LogP contribution in [0.25, 0.3) is 0 Å². The van der Waals surface area contributed by atoms with Crippen LogP contribution < -0.4 is 9.47 Å². The van der Waals surface area contributed by atoms with E-state index in [-0.39, 0.29) is 24.0 Å². The first-order chi connectivity index (χ1) is 21.2. The minimum absolute atomic E-state index is 0.0225. The van der Waals surface area contributed by atoms with Crippen LogP contribution in [0, 0.1) is 11.8 Å². The van der Waals surface area contributed by atoms with E-state index in [1.807, 2.05) is 60.7 Å². The lowest BCUT2D eigenvalue weighted by molar-refractivity contribution is 0.0376. The summed E-state index contributed by atoms with van der Waals surface area (Å²) in [5, 5.41) is 0. The van der Waals surface area contributed by atoms with Crippen molar-refractivity contribution in [2.24, 2.45) is 11.8 Å². The highest BCUT2D eigenvalue weighted by atomic mass is 16.7. The Morgan fingerprint density at radius 1 is 0.477 bits per heavy atom. The second-order valence-electron chi connectivity index (χ2n) is 12.2. The Morgan fingerprint density at radius 3 is 1.11 bits per heavy atom. The summed E-state index contributed by atoms with van der Waals surface area (Å²) in [7, 11) is 0. The zero-order valence-electron chi connectivity index (χ0n) is 26.8. The quantitative estimate of drug-likeness (QED) is 0.107. The Balaban J connectivity index is 1.42. The van der Waals surface area contributed by atoms with Crippen molar-refractivity contribution in [2.75, 3.05) is 13.2 Å². The molecule has 4 aromatic rings. The van der Waals surface area contributed by atoms with Gasteiger partial charge < -0.3 is 18.9 Å². The van der Waals surface area contributed by atoms with Crippen LogP contribution in [0.15, 0.2) is 109 Å². The first-order valence-electron chi connectivity index (χ1n) is 15.6. The van der Waals surface area contributed by atoms with Gasteiger partial charge in [0.1, 0.15) is 11.5 Å². The minimum atomic E-state index is -0.785. The Labute approximate surface area is 263 Å². The maximum Gasteiger partial charge on any atom is 0.519 e. The molecular formula is C39H46O5. The molecule has 5 nitrogen and oxygen atoms in total. The number of hydrogen-bond acceptors (Lipinski definition) is 5. The number of ether oxygens (including phenoxy) is 4. The highest BCUT2D eigenvalue weighted by molar-refractivity contribution is 5.67. The summed E-state index contributed by atoms with van der Waals surface area (Å²) in [6.45, 7) is 14.2. The summed E-state index contributed by atoms with van der Waals surface area (Å²) in [5.74, 6) is 1.82. The van der Waals surface area contributed by atoms with Gasteiger partial charge in [-0.3, -0.25) is 0 Å². The molecule has 0 aliphatic carbocycles. The van der Waals surface area contributed by atoms with Gasteiger partial charge in [-0.05, 0) is 72.2 Å². The van der Waals surface area contributed by atoms with E-state index in [9.17, 15) is 4.79 Å². The maximum absolute atomic E-state index is 12.7. The van der Waals surface area contributed by atoms with Crippen molar-refractivity contribution in [3.8, 4) is 11.5 Å². The standard InChI is InChI=1S/C39H46O5/c1-27(2)25-41-29(5)37(31-13-9-7-10-14-31)33-17-21-35(22-18-33)43-39(40)44-36-23-19-34(20-24-36)38(30(6)42-26-28(3)4)32-15-11-8-12-16-32/h7-24,27-30,37-38H,25-26H2,1-6H3. The fourth-order valence-electron chi connectivity index (χ4n) is 5.37. The third-order valence-corrected chi connectivity index (χ3v) is 7.52. The molecule has 5 heteroatoms. The van der Waals surface area contributed by atoms with Crippen LogP contribution in [0.2, 0.25) is 0 Å². The normalized spacial score (nSPS) is 14.2. The number of carbonyl (C=O) groups excluding carboxylic acids is 1. The van der Waals surface area contributed by atoms with Crippen LogP contribution in [0.3, 0.4) is 0 Å². The molecular weight excluding hydrogens is 548 g/mol. The number of hydrogen-bond donors (Lipinski definition) is 0. The van der Waals surface area contributed by atoms with Gasteiger partial charge in [0.15, 0.2) is 0 Å². The van der Waals surface area contributed by atoms with Gasteiger partial charge >= 0.3 is 6.16 Å². The van der Waals surface area contributed by atoms with E-state index in [2.05, 4.69) is 65.8 Å². The van der Waals surface area contributed by atoms with Gasteiger partial charge in [-0.1, -0.05) is 113 Å². The summed E-state index contributed by atoms with van der Waals surface area (Å²) in [6.07, 6.45) is -0.830. The molecule has 0 spiro atoms. The molecule has 44 heavy (non-hydrogen) atoms. The maximum atomic E-state index is 12.7. The molecule has 0 aliphatic heterocycles. The lowest BCUT2D eigenvalue weighted by Crippen LogP contribution is -2.22. The third-order valence-electron chi connectivity index (χ3n) is 7.52. The Morgan fingerprint density at radius 2 is 0.795 bits per heavy atom. The van der Waals surface area contributed by atoms with Gasteiger partial charge in [0, 0.05) is 25.0 Å². The van der Waals surface area contributed by atoms with Crippen LogP contribution in [0.5, 0.6) is 11.5 Å². The zero-order chi connectivity index (χ0) is 31.5. The fraction of sp³-hybridized carbons (Fsp3) is 0.359. The predicted molar refractivity (Wildman–Crippen MR) is 177 cm³/mol. The van der Waals surface area contributed by atoms with Crippen LogP contribution >= 0.6 is 0 Å². The molecule has 0 fully saturated rings. The molecule has 0 radical (unpaired) electrons. The van der Waals surface area contributed by atoms with Crippen LogP contribution in [0.1, 0.15) is 75.6 Å². The smallest absolute Gasteiger partial charge is 0.395 e. The molecule has 0 bridgehead atoms.